The monoisotopic (exact) mass is 306 g/mol. The quantitative estimate of drug-likeness (QED) is 0.902. The molecule has 0 aromatic heterocycles. The Morgan fingerprint density at radius 1 is 1.14 bits per heavy atom. The van der Waals surface area contributed by atoms with Crippen molar-refractivity contribution in [2.75, 3.05) is 18.4 Å². The van der Waals surface area contributed by atoms with Crippen molar-refractivity contribution >= 4 is 21.6 Å². The summed E-state index contributed by atoms with van der Waals surface area (Å²) >= 11 is 0. The number of nitrogens with zero attached hydrogens (tertiary/aromatic N) is 1. The number of sulfonamides is 1. The molecule has 0 bridgehead atoms. The maximum absolute atomic E-state index is 12.8. The van der Waals surface area contributed by atoms with Gasteiger partial charge in [-0.1, -0.05) is 6.42 Å². The molecule has 1 aromatic carbocycles. The number of carbonyl (C=O) groups is 1. The van der Waals surface area contributed by atoms with E-state index in [4.69, 9.17) is 0 Å². The van der Waals surface area contributed by atoms with Crippen LogP contribution in [0.25, 0.3) is 0 Å². The normalized spacial score (nSPS) is 28.5. The highest BCUT2D eigenvalue weighted by molar-refractivity contribution is 7.89. The third kappa shape index (κ3) is 2.08. The molecule has 6 heteroatoms. The van der Waals surface area contributed by atoms with Gasteiger partial charge in [0.2, 0.25) is 15.9 Å². The maximum atomic E-state index is 12.8. The van der Waals surface area contributed by atoms with E-state index in [1.54, 1.807) is 22.5 Å². The predicted molar refractivity (Wildman–Crippen MR) is 78.4 cm³/mol. The Bertz CT molecular complexity index is 702. The van der Waals surface area contributed by atoms with Gasteiger partial charge in [-0.25, -0.2) is 8.42 Å². The Labute approximate surface area is 124 Å². The second-order valence-corrected chi connectivity index (χ2v) is 8.25. The van der Waals surface area contributed by atoms with Crippen molar-refractivity contribution in [1.82, 2.24) is 4.31 Å². The number of fused-ring (bicyclic) bond motifs is 2. The molecule has 3 aliphatic rings. The average molecular weight is 306 g/mol. The highest BCUT2D eigenvalue weighted by atomic mass is 32.2. The van der Waals surface area contributed by atoms with Crippen LogP contribution in [0, 0.1) is 11.8 Å². The van der Waals surface area contributed by atoms with Crippen LogP contribution in [0.4, 0.5) is 5.69 Å². The van der Waals surface area contributed by atoms with Crippen LogP contribution in [0.2, 0.25) is 0 Å². The van der Waals surface area contributed by atoms with Crippen LogP contribution < -0.4 is 5.32 Å². The Kier molecular flexibility index (Phi) is 2.87. The Morgan fingerprint density at radius 2 is 1.86 bits per heavy atom. The van der Waals surface area contributed by atoms with Crippen molar-refractivity contribution in [1.29, 1.82) is 0 Å². The Hall–Kier alpha value is -1.40. The van der Waals surface area contributed by atoms with E-state index in [1.165, 1.54) is 6.42 Å². The van der Waals surface area contributed by atoms with Crippen LogP contribution in [-0.4, -0.2) is 31.7 Å². The van der Waals surface area contributed by atoms with Gasteiger partial charge in [0.15, 0.2) is 0 Å². The summed E-state index contributed by atoms with van der Waals surface area (Å²) in [6.07, 6.45) is 3.80. The highest BCUT2D eigenvalue weighted by Crippen LogP contribution is 2.40. The van der Waals surface area contributed by atoms with E-state index in [9.17, 15) is 13.2 Å². The van der Waals surface area contributed by atoms with Crippen molar-refractivity contribution in [3.63, 3.8) is 0 Å². The molecule has 2 heterocycles. The van der Waals surface area contributed by atoms with E-state index in [-0.39, 0.29) is 12.3 Å². The molecule has 2 unspecified atom stereocenters. The topological polar surface area (TPSA) is 66.5 Å². The molecule has 5 nitrogen and oxygen atoms in total. The van der Waals surface area contributed by atoms with Crippen molar-refractivity contribution in [2.45, 2.75) is 30.6 Å². The first-order chi connectivity index (χ1) is 10.0. The van der Waals surface area contributed by atoms with Gasteiger partial charge >= 0.3 is 0 Å². The Balaban J connectivity index is 1.64. The molecule has 2 fully saturated rings. The molecule has 1 N–H and O–H groups in total. The number of anilines is 1. The zero-order chi connectivity index (χ0) is 14.6. The zero-order valence-corrected chi connectivity index (χ0v) is 12.5. The minimum absolute atomic E-state index is 0.0738. The van der Waals surface area contributed by atoms with Gasteiger partial charge in [0.25, 0.3) is 0 Å². The lowest BCUT2D eigenvalue weighted by Gasteiger charge is -2.17. The number of hydrogen-bond acceptors (Lipinski definition) is 3. The molecule has 1 saturated heterocycles. The van der Waals surface area contributed by atoms with Crippen LogP contribution in [-0.2, 0) is 21.2 Å². The molecule has 21 heavy (non-hydrogen) atoms. The molecular weight excluding hydrogens is 288 g/mol. The van der Waals surface area contributed by atoms with Gasteiger partial charge in [-0.3, -0.25) is 4.79 Å². The van der Waals surface area contributed by atoms with E-state index in [2.05, 4.69) is 5.32 Å². The standard InChI is InChI=1S/C15H18N2O3S/c18-15-7-12-6-13(4-5-14(12)16-15)21(19,20)17-8-10-2-1-3-11(10)9-17/h4-6,10-11H,1-3,7-9H2,(H,16,18). The number of rotatable bonds is 2. The summed E-state index contributed by atoms with van der Waals surface area (Å²) in [5, 5.41) is 2.73. The van der Waals surface area contributed by atoms with E-state index in [1.807, 2.05) is 0 Å². The summed E-state index contributed by atoms with van der Waals surface area (Å²) in [5.41, 5.74) is 1.51. The molecule has 4 rings (SSSR count). The van der Waals surface area contributed by atoms with Crippen LogP contribution in [0.5, 0.6) is 0 Å². The van der Waals surface area contributed by atoms with Crippen molar-refractivity contribution in [3.05, 3.63) is 23.8 Å². The molecule has 1 amide bonds. The number of amides is 1. The van der Waals surface area contributed by atoms with Gasteiger partial charge in [0.1, 0.15) is 0 Å². The van der Waals surface area contributed by atoms with Crippen molar-refractivity contribution < 1.29 is 13.2 Å². The smallest absolute Gasteiger partial charge is 0.243 e. The van der Waals surface area contributed by atoms with Crippen LogP contribution in [0.15, 0.2) is 23.1 Å². The van der Waals surface area contributed by atoms with Gasteiger partial charge in [-0.05, 0) is 48.4 Å². The van der Waals surface area contributed by atoms with Gasteiger partial charge in [0.05, 0.1) is 11.3 Å². The number of nitrogens with one attached hydrogen (secondary N) is 1. The maximum Gasteiger partial charge on any atom is 0.243 e. The van der Waals surface area contributed by atoms with E-state index in [0.717, 1.165) is 24.1 Å². The largest absolute Gasteiger partial charge is 0.326 e. The minimum Gasteiger partial charge on any atom is -0.326 e. The minimum atomic E-state index is -3.43. The fraction of sp³-hybridized carbons (Fsp3) is 0.533. The first-order valence-electron chi connectivity index (χ1n) is 7.47. The first-order valence-corrected chi connectivity index (χ1v) is 8.91. The fourth-order valence-corrected chi connectivity index (χ4v) is 5.51. The Morgan fingerprint density at radius 3 is 2.57 bits per heavy atom. The fourth-order valence-electron chi connectivity index (χ4n) is 3.90. The third-order valence-electron chi connectivity index (χ3n) is 5.03. The van der Waals surface area contributed by atoms with Gasteiger partial charge in [-0.15, -0.1) is 0 Å². The first kappa shape index (κ1) is 13.3. The zero-order valence-electron chi connectivity index (χ0n) is 11.7. The third-order valence-corrected chi connectivity index (χ3v) is 6.86. The second-order valence-electron chi connectivity index (χ2n) is 6.32. The van der Waals surface area contributed by atoms with Crippen LogP contribution in [0.3, 0.4) is 0 Å². The van der Waals surface area contributed by atoms with E-state index >= 15 is 0 Å². The molecule has 1 aliphatic carbocycles. The van der Waals surface area contributed by atoms with Crippen molar-refractivity contribution in [2.24, 2.45) is 11.8 Å². The van der Waals surface area contributed by atoms with Crippen LogP contribution in [0.1, 0.15) is 24.8 Å². The number of carbonyl (C=O) groups excluding carboxylic acids is 1. The molecule has 112 valence electrons. The van der Waals surface area contributed by atoms with E-state index < -0.39 is 10.0 Å². The lowest BCUT2D eigenvalue weighted by Crippen LogP contribution is -2.29. The molecule has 2 atom stereocenters. The summed E-state index contributed by atoms with van der Waals surface area (Å²) in [6, 6.07) is 4.95. The summed E-state index contributed by atoms with van der Waals surface area (Å²) in [7, 11) is -3.43. The van der Waals surface area contributed by atoms with Gasteiger partial charge in [0, 0.05) is 18.8 Å². The summed E-state index contributed by atoms with van der Waals surface area (Å²) in [6.45, 7) is 1.31. The number of hydrogen-bond donors (Lipinski definition) is 1. The van der Waals surface area contributed by atoms with Gasteiger partial charge < -0.3 is 5.32 Å². The molecule has 0 spiro atoms. The van der Waals surface area contributed by atoms with Gasteiger partial charge in [-0.2, -0.15) is 4.31 Å². The lowest BCUT2D eigenvalue weighted by atomic mass is 10.0. The van der Waals surface area contributed by atoms with E-state index in [0.29, 0.717) is 29.8 Å². The van der Waals surface area contributed by atoms with Crippen molar-refractivity contribution in [3.8, 4) is 0 Å². The highest BCUT2D eigenvalue weighted by Gasteiger charge is 2.41. The average Bonchev–Trinajstić information content (AvgIpc) is 3.09. The summed E-state index contributed by atoms with van der Waals surface area (Å²) in [5.74, 6) is 1.00. The lowest BCUT2D eigenvalue weighted by molar-refractivity contribution is -0.115. The summed E-state index contributed by atoms with van der Waals surface area (Å²) < 4.78 is 27.2. The molecule has 0 radical (unpaired) electrons. The predicted octanol–water partition coefficient (Wildman–Crippen LogP) is 1.60. The molecular formula is C15H18N2O3S. The number of benzene rings is 1. The molecule has 2 aliphatic heterocycles. The SMILES string of the molecule is O=C1Cc2cc(S(=O)(=O)N3CC4CCCC4C3)ccc2N1. The molecule has 1 aromatic rings. The summed E-state index contributed by atoms with van der Waals surface area (Å²) in [4.78, 5) is 11.7. The molecule has 1 saturated carbocycles. The second kappa shape index (κ2) is 4.55. The van der Waals surface area contributed by atoms with Crippen LogP contribution >= 0.6 is 0 Å².